The normalized spacial score (nSPS) is 19.6. The number of allylic oxidation sites excluding steroid dienone is 2. The van der Waals surface area contributed by atoms with Crippen molar-refractivity contribution in [3.63, 3.8) is 0 Å². The molecule has 2 aromatic rings. The lowest BCUT2D eigenvalue weighted by molar-refractivity contribution is -0.122. The van der Waals surface area contributed by atoms with Crippen LogP contribution in [0.3, 0.4) is 0 Å². The molecule has 0 amide bonds. The molecule has 0 fully saturated rings. The van der Waals surface area contributed by atoms with Crippen molar-refractivity contribution in [3.05, 3.63) is 46.6 Å². The predicted molar refractivity (Wildman–Crippen MR) is 90.5 cm³/mol. The molecule has 23 heavy (non-hydrogen) atoms. The third-order valence-corrected chi connectivity index (χ3v) is 5.35. The molecule has 0 saturated carbocycles. The molecule has 0 spiro atoms. The van der Waals surface area contributed by atoms with Crippen LogP contribution >= 0.6 is 23.4 Å². The molecule has 1 aliphatic carbocycles. The maximum Gasteiger partial charge on any atom is 0.226 e. The van der Waals surface area contributed by atoms with E-state index in [9.17, 15) is 4.79 Å². The molecular formula is C16H15ClN4OS. The second-order valence-corrected chi connectivity index (χ2v) is 6.97. The molecular weight excluding hydrogens is 332 g/mol. The smallest absolute Gasteiger partial charge is 0.226 e. The number of carbonyl (C=O) groups excluding carboxylic acids is 1. The summed E-state index contributed by atoms with van der Waals surface area (Å²) in [5.41, 5.74) is 2.04. The average molecular weight is 347 g/mol. The maximum absolute atomic E-state index is 12.0. The lowest BCUT2D eigenvalue weighted by Gasteiger charge is -2.28. The Labute approximate surface area is 143 Å². The summed E-state index contributed by atoms with van der Waals surface area (Å²) in [6.07, 6.45) is 3.52. The number of rotatable bonds is 3. The number of carbonyl (C=O) groups is 1. The first kappa shape index (κ1) is 14.8. The minimum absolute atomic E-state index is 0.0978. The molecule has 5 nitrogen and oxygen atoms in total. The second kappa shape index (κ2) is 6.02. The fraction of sp³-hybridized carbons (Fsp3) is 0.312. The van der Waals surface area contributed by atoms with Crippen molar-refractivity contribution in [2.75, 3.05) is 5.32 Å². The number of halogens is 1. The summed E-state index contributed by atoms with van der Waals surface area (Å²) in [5.74, 6) is 1.61. The zero-order valence-corrected chi connectivity index (χ0v) is 13.9. The number of thioether (sulfide) groups is 1. The molecule has 1 aromatic carbocycles. The lowest BCUT2D eigenvalue weighted by Crippen LogP contribution is -2.33. The van der Waals surface area contributed by atoms with Gasteiger partial charge in [0, 0.05) is 22.9 Å². The predicted octanol–water partition coefficient (Wildman–Crippen LogP) is 3.51. The van der Waals surface area contributed by atoms with E-state index in [2.05, 4.69) is 21.5 Å². The Kier molecular flexibility index (Phi) is 3.87. The number of aromatic nitrogens is 3. The van der Waals surface area contributed by atoms with Gasteiger partial charge < -0.3 is 5.32 Å². The topological polar surface area (TPSA) is 59.8 Å². The molecule has 1 aliphatic heterocycles. The highest BCUT2D eigenvalue weighted by atomic mass is 35.5. The van der Waals surface area contributed by atoms with E-state index < -0.39 is 0 Å². The molecule has 2 aliphatic rings. The van der Waals surface area contributed by atoms with Gasteiger partial charge in [0.25, 0.3) is 0 Å². The number of Topliss-reactive ketones (excluding diaryl/α,β-unsaturated/α-hetero) is 1. The highest BCUT2D eigenvalue weighted by molar-refractivity contribution is 7.98. The summed E-state index contributed by atoms with van der Waals surface area (Å²) in [6, 6.07) is 7.77. The number of nitrogens with one attached hydrogen (secondary N) is 1. The average Bonchev–Trinajstić information content (AvgIpc) is 2.94. The number of hydrogen-bond acceptors (Lipinski definition) is 5. The van der Waals surface area contributed by atoms with Crippen LogP contribution in [0.1, 0.15) is 18.4 Å². The van der Waals surface area contributed by atoms with Gasteiger partial charge >= 0.3 is 0 Å². The number of ketones is 1. The van der Waals surface area contributed by atoms with Crippen LogP contribution in [-0.2, 0) is 17.1 Å². The summed E-state index contributed by atoms with van der Waals surface area (Å²) in [4.78, 5) is 16.6. The van der Waals surface area contributed by atoms with Gasteiger partial charge in [-0.2, -0.15) is 4.98 Å². The van der Waals surface area contributed by atoms with E-state index in [-0.39, 0.29) is 11.7 Å². The van der Waals surface area contributed by atoms with Crippen molar-refractivity contribution in [3.8, 4) is 0 Å². The van der Waals surface area contributed by atoms with E-state index in [1.807, 2.05) is 24.3 Å². The van der Waals surface area contributed by atoms with Crippen molar-refractivity contribution in [2.45, 2.75) is 30.3 Å². The molecule has 7 heteroatoms. The van der Waals surface area contributed by atoms with Crippen LogP contribution in [0.4, 0.5) is 5.95 Å². The second-order valence-electron chi connectivity index (χ2n) is 5.62. The van der Waals surface area contributed by atoms with Gasteiger partial charge in [-0.1, -0.05) is 47.6 Å². The summed E-state index contributed by atoms with van der Waals surface area (Å²) < 4.78 is 1.79. The van der Waals surface area contributed by atoms with Crippen LogP contribution in [0.2, 0.25) is 5.02 Å². The minimum Gasteiger partial charge on any atom is -0.328 e. The molecule has 0 bridgehead atoms. The molecule has 0 saturated heterocycles. The molecule has 1 atom stereocenters. The van der Waals surface area contributed by atoms with E-state index in [0.717, 1.165) is 22.7 Å². The molecule has 0 radical (unpaired) electrons. The fourth-order valence-corrected chi connectivity index (χ4v) is 3.99. The summed E-state index contributed by atoms with van der Waals surface area (Å²) in [7, 11) is 0. The van der Waals surface area contributed by atoms with E-state index in [4.69, 9.17) is 11.6 Å². The van der Waals surface area contributed by atoms with Crippen LogP contribution in [0, 0.1) is 5.92 Å². The number of anilines is 1. The quantitative estimate of drug-likeness (QED) is 0.862. The summed E-state index contributed by atoms with van der Waals surface area (Å²) in [6.45, 7) is 0.576. The maximum atomic E-state index is 12.0. The van der Waals surface area contributed by atoms with Gasteiger partial charge in [0.15, 0.2) is 0 Å². The fourth-order valence-electron chi connectivity index (χ4n) is 2.86. The Hall–Kier alpha value is -1.79. The Morgan fingerprint density at radius 3 is 3.13 bits per heavy atom. The van der Waals surface area contributed by atoms with E-state index >= 15 is 0 Å². The van der Waals surface area contributed by atoms with Crippen molar-refractivity contribution in [1.29, 1.82) is 0 Å². The van der Waals surface area contributed by atoms with Crippen LogP contribution < -0.4 is 5.32 Å². The zero-order valence-electron chi connectivity index (χ0n) is 12.3. The Morgan fingerprint density at radius 2 is 2.26 bits per heavy atom. The van der Waals surface area contributed by atoms with E-state index in [1.54, 1.807) is 16.4 Å². The highest BCUT2D eigenvalue weighted by Gasteiger charge is 2.32. The first-order chi connectivity index (χ1) is 11.2. The summed E-state index contributed by atoms with van der Waals surface area (Å²) in [5, 5.41) is 9.20. The molecule has 1 unspecified atom stereocenters. The largest absolute Gasteiger partial charge is 0.328 e. The molecule has 1 N–H and O–H groups in total. The molecule has 2 heterocycles. The first-order valence-corrected chi connectivity index (χ1v) is 8.88. The van der Waals surface area contributed by atoms with Gasteiger partial charge in [-0.25, -0.2) is 4.68 Å². The van der Waals surface area contributed by atoms with Gasteiger partial charge in [0.1, 0.15) is 5.78 Å². The van der Waals surface area contributed by atoms with Crippen molar-refractivity contribution < 1.29 is 4.79 Å². The Balaban J connectivity index is 1.51. The van der Waals surface area contributed by atoms with Crippen LogP contribution in [0.25, 0.3) is 0 Å². The zero-order chi connectivity index (χ0) is 15.8. The number of fused-ring (bicyclic) bond motifs is 2. The standard InChI is InChI=1S/C16H15ClN4OS/c17-12-5-2-1-4-10(12)9-23-16-19-15-18-13-6-3-7-14(22)11(13)8-21(15)20-16/h1-2,4-6,11H,3,7-9H2,(H,18,19,20). The SMILES string of the molecule is O=C1CCC=C2Nc3nc(SCc4ccccc4Cl)nn3CC12. The molecule has 118 valence electrons. The van der Waals surface area contributed by atoms with Gasteiger partial charge in [-0.15, -0.1) is 5.10 Å². The first-order valence-electron chi connectivity index (χ1n) is 7.51. The molecule has 4 rings (SSSR count). The van der Waals surface area contributed by atoms with Gasteiger partial charge in [0.2, 0.25) is 11.1 Å². The minimum atomic E-state index is -0.0978. The van der Waals surface area contributed by atoms with Crippen molar-refractivity contribution in [2.24, 2.45) is 5.92 Å². The van der Waals surface area contributed by atoms with Gasteiger partial charge in [0.05, 0.1) is 12.5 Å². The Morgan fingerprint density at radius 1 is 1.39 bits per heavy atom. The number of hydrogen-bond donors (Lipinski definition) is 1. The third-order valence-electron chi connectivity index (χ3n) is 4.10. The number of benzene rings is 1. The summed E-state index contributed by atoms with van der Waals surface area (Å²) >= 11 is 7.72. The van der Waals surface area contributed by atoms with Crippen LogP contribution in [0.5, 0.6) is 0 Å². The van der Waals surface area contributed by atoms with Crippen molar-refractivity contribution in [1.82, 2.24) is 14.8 Å². The number of nitrogens with zero attached hydrogens (tertiary/aromatic N) is 3. The molecule has 1 aromatic heterocycles. The monoisotopic (exact) mass is 346 g/mol. The highest BCUT2D eigenvalue weighted by Crippen LogP contribution is 2.32. The Bertz CT molecular complexity index is 801. The van der Waals surface area contributed by atoms with E-state index in [1.165, 1.54) is 0 Å². The lowest BCUT2D eigenvalue weighted by atomic mass is 9.90. The van der Waals surface area contributed by atoms with Crippen LogP contribution in [-0.4, -0.2) is 20.5 Å². The third kappa shape index (κ3) is 2.88. The van der Waals surface area contributed by atoms with Gasteiger partial charge in [-0.3, -0.25) is 4.79 Å². The van der Waals surface area contributed by atoms with Crippen LogP contribution in [0.15, 0.2) is 41.2 Å². The van der Waals surface area contributed by atoms with Crippen molar-refractivity contribution >= 4 is 35.1 Å². The van der Waals surface area contributed by atoms with Gasteiger partial charge in [-0.05, 0) is 18.1 Å². The van der Waals surface area contributed by atoms with E-state index in [0.29, 0.717) is 29.8 Å².